The van der Waals surface area contributed by atoms with Crippen molar-refractivity contribution in [1.82, 2.24) is 14.9 Å². The van der Waals surface area contributed by atoms with Crippen LogP contribution in [0, 0.1) is 5.82 Å². The number of rotatable bonds is 6. The number of nitrogens with zero attached hydrogens (tertiary/aromatic N) is 2. The van der Waals surface area contributed by atoms with Crippen molar-refractivity contribution in [2.24, 2.45) is 0 Å². The van der Waals surface area contributed by atoms with Crippen molar-refractivity contribution in [2.45, 2.75) is 65.0 Å². The molecule has 154 valence electrons. The number of halogens is 1. The van der Waals surface area contributed by atoms with Gasteiger partial charge in [-0.05, 0) is 58.6 Å². The minimum Gasteiger partial charge on any atom is -0.444 e. The van der Waals surface area contributed by atoms with Crippen LogP contribution in [0.4, 0.5) is 9.18 Å². The zero-order chi connectivity index (χ0) is 20.1. The van der Waals surface area contributed by atoms with E-state index in [0.29, 0.717) is 25.3 Å². The summed E-state index contributed by atoms with van der Waals surface area (Å²) in [6.45, 7) is 6.80. The van der Waals surface area contributed by atoms with Crippen LogP contribution in [0.5, 0.6) is 0 Å². The molecule has 8 heteroatoms. The lowest BCUT2D eigenvalue weighted by Crippen LogP contribution is -2.33. The molecule has 2 aromatic rings. The van der Waals surface area contributed by atoms with E-state index in [1.54, 1.807) is 6.07 Å². The van der Waals surface area contributed by atoms with Gasteiger partial charge >= 0.3 is 6.09 Å². The Morgan fingerprint density at radius 1 is 1.39 bits per heavy atom. The van der Waals surface area contributed by atoms with Crippen molar-refractivity contribution < 1.29 is 23.4 Å². The van der Waals surface area contributed by atoms with Crippen molar-refractivity contribution in [3.63, 3.8) is 0 Å². The maximum absolute atomic E-state index is 13.6. The van der Waals surface area contributed by atoms with Gasteiger partial charge in [-0.25, -0.2) is 13.7 Å². The average molecular weight is 393 g/mol. The summed E-state index contributed by atoms with van der Waals surface area (Å²) >= 11 is 0. The van der Waals surface area contributed by atoms with Crippen LogP contribution in [-0.2, 0) is 27.2 Å². The van der Waals surface area contributed by atoms with Gasteiger partial charge in [0.25, 0.3) is 0 Å². The maximum Gasteiger partial charge on any atom is 0.407 e. The number of fused-ring (bicyclic) bond motifs is 1. The monoisotopic (exact) mass is 393 g/mol. The summed E-state index contributed by atoms with van der Waals surface area (Å²) in [5.74, 6) is -0.364. The van der Waals surface area contributed by atoms with E-state index < -0.39 is 11.7 Å². The lowest BCUT2D eigenvalue weighted by Gasteiger charge is -2.22. The predicted octanol–water partition coefficient (Wildman–Crippen LogP) is 3.58. The minimum absolute atomic E-state index is 0.233. The molecular weight excluding hydrogens is 365 g/mol. The Bertz CT molecular complexity index is 810. The van der Waals surface area contributed by atoms with Crippen LogP contribution in [0.15, 0.2) is 18.3 Å². The van der Waals surface area contributed by atoms with Crippen LogP contribution in [0.1, 0.15) is 51.3 Å². The van der Waals surface area contributed by atoms with Crippen molar-refractivity contribution in [1.29, 1.82) is 0 Å². The summed E-state index contributed by atoms with van der Waals surface area (Å²) in [5, 5.41) is 7.22. The largest absolute Gasteiger partial charge is 0.444 e. The van der Waals surface area contributed by atoms with Crippen LogP contribution in [0.25, 0.3) is 5.52 Å². The molecule has 2 aromatic heterocycles. The van der Waals surface area contributed by atoms with Crippen LogP contribution < -0.4 is 5.32 Å². The summed E-state index contributed by atoms with van der Waals surface area (Å²) in [4.78, 5) is 11.9. The molecule has 3 heterocycles. The molecule has 7 nitrogen and oxygen atoms in total. The molecule has 0 aromatic carbocycles. The van der Waals surface area contributed by atoms with Crippen LogP contribution in [0.2, 0.25) is 0 Å². The van der Waals surface area contributed by atoms with E-state index in [2.05, 4.69) is 10.4 Å². The summed E-state index contributed by atoms with van der Waals surface area (Å²) in [6, 6.07) is 3.09. The third-order valence-corrected chi connectivity index (χ3v) is 4.37. The highest BCUT2D eigenvalue weighted by molar-refractivity contribution is 5.67. The van der Waals surface area contributed by atoms with Gasteiger partial charge in [0, 0.05) is 18.7 Å². The smallest absolute Gasteiger partial charge is 0.407 e. The van der Waals surface area contributed by atoms with Gasteiger partial charge in [0.2, 0.25) is 0 Å². The van der Waals surface area contributed by atoms with Gasteiger partial charge in [-0.3, -0.25) is 0 Å². The molecule has 1 fully saturated rings. The Morgan fingerprint density at radius 2 is 2.21 bits per heavy atom. The molecule has 1 unspecified atom stereocenters. The predicted molar refractivity (Wildman–Crippen MR) is 101 cm³/mol. The number of aromatic nitrogens is 2. The van der Waals surface area contributed by atoms with Crippen molar-refractivity contribution in [2.75, 3.05) is 13.2 Å². The van der Waals surface area contributed by atoms with E-state index >= 15 is 0 Å². The van der Waals surface area contributed by atoms with Crippen molar-refractivity contribution in [3.05, 3.63) is 35.4 Å². The third-order valence-electron chi connectivity index (χ3n) is 4.37. The molecule has 28 heavy (non-hydrogen) atoms. The third kappa shape index (κ3) is 5.65. The number of nitrogens with one attached hydrogen (secondary N) is 1. The first kappa shape index (κ1) is 20.5. The number of pyridine rings is 1. The molecule has 0 spiro atoms. The molecule has 0 bridgehead atoms. The van der Waals surface area contributed by atoms with Gasteiger partial charge in [0.05, 0.1) is 24.0 Å². The quantitative estimate of drug-likeness (QED) is 0.812. The highest BCUT2D eigenvalue weighted by atomic mass is 19.1. The van der Waals surface area contributed by atoms with Crippen molar-refractivity contribution in [3.8, 4) is 0 Å². The molecule has 1 amide bonds. The van der Waals surface area contributed by atoms with E-state index in [9.17, 15) is 9.18 Å². The Kier molecular flexibility index (Phi) is 6.51. The summed E-state index contributed by atoms with van der Waals surface area (Å²) in [7, 11) is 0. The Balaban J connectivity index is 1.68. The molecular formula is C20H28FN3O4. The minimum atomic E-state index is -0.551. The summed E-state index contributed by atoms with van der Waals surface area (Å²) < 4.78 is 31.8. The van der Waals surface area contributed by atoms with E-state index in [1.165, 1.54) is 16.8 Å². The van der Waals surface area contributed by atoms with Crippen molar-refractivity contribution >= 4 is 11.6 Å². The van der Waals surface area contributed by atoms with Gasteiger partial charge in [-0.1, -0.05) is 0 Å². The zero-order valence-corrected chi connectivity index (χ0v) is 16.7. The number of ether oxygens (including phenoxy) is 3. The Labute approximate surface area is 164 Å². The standard InChI is InChI=1S/C20H28FN3O4/c1-20(2,3)28-19(25)22-10-9-15-16(13-27-18-6-4-5-11-26-18)23-24-12-14(21)7-8-17(15)24/h7-8,12,18H,4-6,9-11,13H2,1-3H3,(H,22,25). The second-order valence-corrected chi connectivity index (χ2v) is 7.89. The molecule has 1 aliphatic heterocycles. The molecule has 1 N–H and O–H groups in total. The fourth-order valence-corrected chi connectivity index (χ4v) is 3.13. The SMILES string of the molecule is CC(C)(C)OC(=O)NCCc1c(COC2CCCCO2)nn2cc(F)ccc12. The second kappa shape index (κ2) is 8.87. The van der Waals surface area contributed by atoms with Gasteiger partial charge in [-0.15, -0.1) is 0 Å². The maximum atomic E-state index is 13.6. The molecule has 0 aliphatic carbocycles. The van der Waals surface area contributed by atoms with Crippen LogP contribution in [-0.4, -0.2) is 40.8 Å². The molecule has 0 radical (unpaired) electrons. The first-order valence-corrected chi connectivity index (χ1v) is 9.67. The second-order valence-electron chi connectivity index (χ2n) is 7.89. The van der Waals surface area contributed by atoms with Crippen LogP contribution in [0.3, 0.4) is 0 Å². The van der Waals surface area contributed by atoms with Gasteiger partial charge in [0.15, 0.2) is 6.29 Å². The fraction of sp³-hybridized carbons (Fsp3) is 0.600. The Hall–Kier alpha value is -2.19. The number of hydrogen-bond acceptors (Lipinski definition) is 5. The average Bonchev–Trinajstić information content (AvgIpc) is 2.96. The molecule has 1 aliphatic rings. The van der Waals surface area contributed by atoms with E-state index in [1.807, 2.05) is 20.8 Å². The van der Waals surface area contributed by atoms with E-state index in [0.717, 1.165) is 30.3 Å². The first-order chi connectivity index (χ1) is 13.3. The number of carbonyl (C=O) groups is 1. The number of carbonyl (C=O) groups excluding carboxylic acids is 1. The highest BCUT2D eigenvalue weighted by Crippen LogP contribution is 2.21. The molecule has 1 atom stereocenters. The number of alkyl carbamates (subject to hydrolysis) is 1. The highest BCUT2D eigenvalue weighted by Gasteiger charge is 2.19. The van der Waals surface area contributed by atoms with E-state index in [-0.39, 0.29) is 18.7 Å². The van der Waals surface area contributed by atoms with E-state index in [4.69, 9.17) is 14.2 Å². The fourth-order valence-electron chi connectivity index (χ4n) is 3.13. The van der Waals surface area contributed by atoms with Crippen LogP contribution >= 0.6 is 0 Å². The zero-order valence-electron chi connectivity index (χ0n) is 16.7. The molecule has 1 saturated heterocycles. The topological polar surface area (TPSA) is 74.1 Å². The number of amides is 1. The van der Waals surface area contributed by atoms with Gasteiger partial charge in [-0.2, -0.15) is 5.10 Å². The molecule has 0 saturated carbocycles. The summed E-state index contributed by atoms with van der Waals surface area (Å²) in [6.07, 6.45) is 4.14. The lowest BCUT2D eigenvalue weighted by molar-refractivity contribution is -0.169. The normalized spacial score (nSPS) is 17.6. The van der Waals surface area contributed by atoms with Gasteiger partial charge < -0.3 is 19.5 Å². The molecule has 3 rings (SSSR count). The van der Waals surface area contributed by atoms with Gasteiger partial charge in [0.1, 0.15) is 11.4 Å². The first-order valence-electron chi connectivity index (χ1n) is 9.67. The lowest BCUT2D eigenvalue weighted by atomic mass is 10.1. The summed E-state index contributed by atoms with van der Waals surface area (Å²) in [5.41, 5.74) is 1.86. The Morgan fingerprint density at radius 3 is 2.93 bits per heavy atom. The number of hydrogen-bond donors (Lipinski definition) is 1.